The van der Waals surface area contributed by atoms with E-state index < -0.39 is 17.7 Å². The highest BCUT2D eigenvalue weighted by Crippen LogP contribution is 2.14. The second kappa shape index (κ2) is 6.03. The SMILES string of the molecule is CC(Nc1ncns1)C(O)Cc1cc(F)cc(F)c1. The Bertz CT molecular complexity index is 516. The van der Waals surface area contributed by atoms with Gasteiger partial charge < -0.3 is 10.4 Å². The fraction of sp³-hybridized carbons (Fsp3) is 0.333. The van der Waals surface area contributed by atoms with Crippen LogP contribution in [0.5, 0.6) is 0 Å². The summed E-state index contributed by atoms with van der Waals surface area (Å²) in [4.78, 5) is 3.94. The lowest BCUT2D eigenvalue weighted by Gasteiger charge is -2.19. The van der Waals surface area contributed by atoms with Crippen LogP contribution in [0.1, 0.15) is 12.5 Å². The highest BCUT2D eigenvalue weighted by atomic mass is 32.1. The number of benzene rings is 1. The van der Waals surface area contributed by atoms with Crippen LogP contribution in [0.4, 0.5) is 13.9 Å². The van der Waals surface area contributed by atoms with Gasteiger partial charge in [-0.3, -0.25) is 0 Å². The van der Waals surface area contributed by atoms with Crippen LogP contribution in [0, 0.1) is 11.6 Å². The lowest BCUT2D eigenvalue weighted by atomic mass is 10.0. The molecule has 0 fully saturated rings. The van der Waals surface area contributed by atoms with Crippen LogP contribution in [-0.2, 0) is 6.42 Å². The van der Waals surface area contributed by atoms with E-state index in [1.54, 1.807) is 6.92 Å². The average molecular weight is 285 g/mol. The smallest absolute Gasteiger partial charge is 0.202 e. The first-order chi connectivity index (χ1) is 9.04. The second-order valence-corrected chi connectivity index (χ2v) is 5.01. The van der Waals surface area contributed by atoms with Gasteiger partial charge in [-0.15, -0.1) is 0 Å². The Morgan fingerprint density at radius 2 is 2.00 bits per heavy atom. The first-order valence-electron chi connectivity index (χ1n) is 5.71. The van der Waals surface area contributed by atoms with Crippen molar-refractivity contribution in [3.05, 3.63) is 41.7 Å². The highest BCUT2D eigenvalue weighted by Gasteiger charge is 2.16. The topological polar surface area (TPSA) is 58.0 Å². The van der Waals surface area contributed by atoms with E-state index >= 15 is 0 Å². The predicted octanol–water partition coefficient (Wildman–Crippen LogP) is 2.22. The second-order valence-electron chi connectivity index (χ2n) is 4.23. The fourth-order valence-corrected chi connectivity index (χ4v) is 2.20. The molecule has 1 aromatic carbocycles. The monoisotopic (exact) mass is 285 g/mol. The molecule has 1 aromatic heterocycles. The standard InChI is InChI=1S/C12H13F2N3OS/c1-7(17-12-15-6-16-19-12)11(18)4-8-2-9(13)5-10(14)3-8/h2-3,5-7,11,18H,4H2,1H3,(H,15,16,17). The zero-order valence-electron chi connectivity index (χ0n) is 10.2. The summed E-state index contributed by atoms with van der Waals surface area (Å²) in [5.41, 5.74) is 0.413. The molecule has 0 spiro atoms. The lowest BCUT2D eigenvalue weighted by Crippen LogP contribution is -2.32. The number of nitrogens with one attached hydrogen (secondary N) is 1. The first kappa shape index (κ1) is 13.8. The van der Waals surface area contributed by atoms with E-state index in [0.29, 0.717) is 10.7 Å². The van der Waals surface area contributed by atoms with Crippen molar-refractivity contribution in [1.82, 2.24) is 9.36 Å². The molecule has 2 N–H and O–H groups in total. The molecule has 7 heteroatoms. The van der Waals surface area contributed by atoms with Gasteiger partial charge in [-0.25, -0.2) is 13.8 Å². The van der Waals surface area contributed by atoms with Crippen LogP contribution in [0.3, 0.4) is 0 Å². The summed E-state index contributed by atoms with van der Waals surface area (Å²) in [6.07, 6.45) is 0.778. The minimum absolute atomic E-state index is 0.154. The molecule has 0 aliphatic carbocycles. The predicted molar refractivity (Wildman–Crippen MR) is 69.1 cm³/mol. The maximum absolute atomic E-state index is 13.0. The molecule has 2 rings (SSSR count). The molecule has 0 radical (unpaired) electrons. The molecule has 2 unspecified atom stereocenters. The Balaban J connectivity index is 1.97. The summed E-state index contributed by atoms with van der Waals surface area (Å²) in [5, 5.41) is 13.6. The summed E-state index contributed by atoms with van der Waals surface area (Å²) in [5.74, 6) is -1.29. The quantitative estimate of drug-likeness (QED) is 0.884. The van der Waals surface area contributed by atoms with Crippen LogP contribution in [0.2, 0.25) is 0 Å². The highest BCUT2D eigenvalue weighted by molar-refractivity contribution is 7.09. The number of rotatable bonds is 5. The molecular formula is C12H13F2N3OS. The maximum Gasteiger partial charge on any atom is 0.202 e. The van der Waals surface area contributed by atoms with E-state index in [4.69, 9.17) is 0 Å². The molecule has 0 amide bonds. The van der Waals surface area contributed by atoms with Crippen LogP contribution < -0.4 is 5.32 Å². The molecule has 1 heterocycles. The Morgan fingerprint density at radius 3 is 2.58 bits per heavy atom. The molecule has 0 aliphatic heterocycles. The van der Waals surface area contributed by atoms with E-state index in [1.165, 1.54) is 30.0 Å². The average Bonchev–Trinajstić information content (AvgIpc) is 2.80. The van der Waals surface area contributed by atoms with E-state index in [2.05, 4.69) is 14.7 Å². The van der Waals surface area contributed by atoms with Gasteiger partial charge in [-0.1, -0.05) is 0 Å². The number of anilines is 1. The van der Waals surface area contributed by atoms with Gasteiger partial charge in [0.15, 0.2) is 0 Å². The van der Waals surface area contributed by atoms with Gasteiger partial charge in [0.2, 0.25) is 5.13 Å². The van der Waals surface area contributed by atoms with Crippen molar-refractivity contribution in [3.63, 3.8) is 0 Å². The van der Waals surface area contributed by atoms with Crippen molar-refractivity contribution in [3.8, 4) is 0 Å². The zero-order chi connectivity index (χ0) is 13.8. The minimum atomic E-state index is -0.787. The van der Waals surface area contributed by atoms with Crippen molar-refractivity contribution >= 4 is 16.7 Å². The Hall–Kier alpha value is -1.60. The van der Waals surface area contributed by atoms with Gasteiger partial charge in [-0.05, 0) is 24.6 Å². The number of nitrogens with zero attached hydrogens (tertiary/aromatic N) is 2. The first-order valence-corrected chi connectivity index (χ1v) is 6.48. The normalized spacial score (nSPS) is 14.1. The Morgan fingerprint density at radius 1 is 1.32 bits per heavy atom. The fourth-order valence-electron chi connectivity index (χ4n) is 1.67. The van der Waals surface area contributed by atoms with Crippen molar-refractivity contribution in [2.24, 2.45) is 0 Å². The molecule has 0 aliphatic rings. The summed E-state index contributed by atoms with van der Waals surface area (Å²) < 4.78 is 29.9. The molecular weight excluding hydrogens is 272 g/mol. The molecule has 4 nitrogen and oxygen atoms in total. The van der Waals surface area contributed by atoms with Gasteiger partial charge >= 0.3 is 0 Å². The number of hydrogen-bond acceptors (Lipinski definition) is 5. The molecule has 2 atom stereocenters. The summed E-state index contributed by atoms with van der Waals surface area (Å²) in [7, 11) is 0. The summed E-state index contributed by atoms with van der Waals surface area (Å²) in [6.45, 7) is 1.77. The van der Waals surface area contributed by atoms with Crippen molar-refractivity contribution in [2.45, 2.75) is 25.5 Å². The number of aromatic nitrogens is 2. The molecule has 19 heavy (non-hydrogen) atoms. The van der Waals surface area contributed by atoms with Crippen LogP contribution in [0.15, 0.2) is 24.5 Å². The molecule has 2 aromatic rings. The molecule has 0 saturated carbocycles. The van der Waals surface area contributed by atoms with Crippen molar-refractivity contribution < 1.29 is 13.9 Å². The third kappa shape index (κ3) is 3.93. The Kier molecular flexibility index (Phi) is 4.39. The van der Waals surface area contributed by atoms with Crippen molar-refractivity contribution in [2.75, 3.05) is 5.32 Å². The minimum Gasteiger partial charge on any atom is -0.391 e. The molecule has 0 saturated heterocycles. The van der Waals surface area contributed by atoms with Gasteiger partial charge in [0.05, 0.1) is 12.1 Å². The maximum atomic E-state index is 13.0. The van der Waals surface area contributed by atoms with E-state index in [0.717, 1.165) is 6.07 Å². The number of halogens is 2. The van der Waals surface area contributed by atoms with Gasteiger partial charge in [-0.2, -0.15) is 4.37 Å². The van der Waals surface area contributed by atoms with Crippen LogP contribution in [-0.4, -0.2) is 26.6 Å². The van der Waals surface area contributed by atoms with Gasteiger partial charge in [0.1, 0.15) is 18.0 Å². The van der Waals surface area contributed by atoms with Gasteiger partial charge in [0, 0.05) is 24.0 Å². The lowest BCUT2D eigenvalue weighted by molar-refractivity contribution is 0.158. The Labute approximate surface area is 113 Å². The largest absolute Gasteiger partial charge is 0.391 e. The van der Waals surface area contributed by atoms with E-state index in [9.17, 15) is 13.9 Å². The van der Waals surface area contributed by atoms with E-state index in [1.807, 2.05) is 0 Å². The number of aliphatic hydroxyl groups is 1. The number of aliphatic hydroxyl groups excluding tert-OH is 1. The summed E-state index contributed by atoms with van der Waals surface area (Å²) >= 11 is 1.18. The van der Waals surface area contributed by atoms with Crippen LogP contribution >= 0.6 is 11.5 Å². The number of hydrogen-bond donors (Lipinski definition) is 2. The third-order valence-electron chi connectivity index (χ3n) is 2.66. The molecule has 102 valence electrons. The van der Waals surface area contributed by atoms with Gasteiger partial charge in [0.25, 0.3) is 0 Å². The van der Waals surface area contributed by atoms with E-state index in [-0.39, 0.29) is 12.5 Å². The van der Waals surface area contributed by atoms with Crippen LogP contribution in [0.25, 0.3) is 0 Å². The third-order valence-corrected chi connectivity index (χ3v) is 3.25. The van der Waals surface area contributed by atoms with Crippen molar-refractivity contribution in [1.29, 1.82) is 0 Å². The zero-order valence-corrected chi connectivity index (χ0v) is 11.0. The summed E-state index contributed by atoms with van der Waals surface area (Å²) in [6, 6.07) is 2.92. The molecule has 0 bridgehead atoms.